The number of aromatic nitrogens is 2. The van der Waals surface area contributed by atoms with Crippen molar-refractivity contribution in [3.63, 3.8) is 0 Å². The fourth-order valence-electron chi connectivity index (χ4n) is 4.26. The second kappa shape index (κ2) is 18.7. The van der Waals surface area contributed by atoms with E-state index in [0.717, 1.165) is 62.9 Å². The molecule has 0 aliphatic rings. The van der Waals surface area contributed by atoms with Crippen molar-refractivity contribution >= 4 is 27.5 Å². The first-order valence-corrected chi connectivity index (χ1v) is 14.6. The number of hydrogen-bond acceptors (Lipinski definition) is 7. The number of nitrogens with one attached hydrogen (secondary N) is 1. The smallest absolute Gasteiger partial charge is 0.161 e. The van der Waals surface area contributed by atoms with Crippen LogP contribution in [0.4, 0.5) is 5.82 Å². The summed E-state index contributed by atoms with van der Waals surface area (Å²) in [5.41, 5.74) is 9.88. The number of benzene rings is 2. The number of anilines is 1. The Balaban J connectivity index is 0.00000125. The van der Waals surface area contributed by atoms with Crippen molar-refractivity contribution in [2.24, 2.45) is 5.73 Å². The first kappa shape index (κ1) is 34.4. The van der Waals surface area contributed by atoms with Gasteiger partial charge < -0.3 is 25.3 Å². The van der Waals surface area contributed by atoms with Crippen LogP contribution in [0, 0.1) is 0 Å². The molecule has 4 rings (SSSR count). The summed E-state index contributed by atoms with van der Waals surface area (Å²) in [6.45, 7) is 15.3. The monoisotopic (exact) mass is 550 g/mol. The molecule has 0 spiro atoms. The van der Waals surface area contributed by atoms with Gasteiger partial charge in [-0.25, -0.2) is 4.98 Å². The van der Waals surface area contributed by atoms with Crippen LogP contribution in [0.5, 0.6) is 17.2 Å². The van der Waals surface area contributed by atoms with E-state index in [9.17, 15) is 0 Å². The molecule has 0 aliphatic carbocycles. The summed E-state index contributed by atoms with van der Waals surface area (Å²) in [5.74, 6) is 3.04. The number of nitrogens with zero attached hydrogens (tertiary/aromatic N) is 2. The van der Waals surface area contributed by atoms with Crippen molar-refractivity contribution in [3.8, 4) is 17.2 Å². The lowest BCUT2D eigenvalue weighted by molar-refractivity contribution is 0.356. The van der Waals surface area contributed by atoms with Crippen LogP contribution in [0.25, 0.3) is 21.7 Å². The summed E-state index contributed by atoms with van der Waals surface area (Å²) in [6.07, 6.45) is 4.53. The van der Waals surface area contributed by atoms with Crippen molar-refractivity contribution in [1.82, 2.24) is 9.97 Å². The van der Waals surface area contributed by atoms with Crippen LogP contribution < -0.4 is 25.3 Å². The molecule has 7 nitrogen and oxygen atoms in total. The van der Waals surface area contributed by atoms with Crippen LogP contribution in [0.3, 0.4) is 0 Å². The van der Waals surface area contributed by atoms with E-state index in [1.807, 2.05) is 72.0 Å². The molecule has 2 aromatic heterocycles. The predicted molar refractivity (Wildman–Crippen MR) is 172 cm³/mol. The molecule has 0 saturated heterocycles. The number of aryl methyl sites for hydroxylation is 1. The molecule has 4 aromatic rings. The lowest BCUT2D eigenvalue weighted by Crippen LogP contribution is -2.15. The van der Waals surface area contributed by atoms with Gasteiger partial charge in [-0.3, -0.25) is 4.98 Å². The Morgan fingerprint density at radius 2 is 1.45 bits per heavy atom. The summed E-state index contributed by atoms with van der Waals surface area (Å²) in [7, 11) is 4.99. The summed E-state index contributed by atoms with van der Waals surface area (Å²) in [4.78, 5) is 9.71. The zero-order valence-corrected chi connectivity index (χ0v) is 26.3. The second-order valence-electron chi connectivity index (χ2n) is 8.18. The van der Waals surface area contributed by atoms with Gasteiger partial charge in [-0.2, -0.15) is 0 Å². The van der Waals surface area contributed by atoms with E-state index in [2.05, 4.69) is 24.4 Å². The molecule has 220 valence electrons. The summed E-state index contributed by atoms with van der Waals surface area (Å²) >= 11 is 0. The lowest BCUT2D eigenvalue weighted by atomic mass is 9.97. The number of rotatable bonds is 10. The maximum Gasteiger partial charge on any atom is 0.161 e. The molecule has 0 aliphatic heterocycles. The fourth-order valence-corrected chi connectivity index (χ4v) is 4.26. The van der Waals surface area contributed by atoms with Gasteiger partial charge in [-0.15, -0.1) is 0 Å². The van der Waals surface area contributed by atoms with Crippen LogP contribution in [0.15, 0.2) is 42.6 Å². The SMILES string of the molecule is CC.CC.CC.CCCc1ncc(Cc2cc3cc(OC)ccc3nc2NCCN)c2cc(OC)c(OC)cc12. The number of hydrogen-bond donors (Lipinski definition) is 2. The minimum Gasteiger partial charge on any atom is -0.497 e. The Hall–Kier alpha value is -3.58. The zero-order valence-electron chi connectivity index (χ0n) is 26.3. The van der Waals surface area contributed by atoms with Gasteiger partial charge in [-0.1, -0.05) is 54.9 Å². The molecule has 0 fully saturated rings. The van der Waals surface area contributed by atoms with Gasteiger partial charge in [0.1, 0.15) is 11.6 Å². The molecule has 0 bridgehead atoms. The van der Waals surface area contributed by atoms with Crippen LogP contribution in [-0.2, 0) is 12.8 Å². The Bertz CT molecular complexity index is 1310. The third-order valence-corrected chi connectivity index (χ3v) is 5.96. The van der Waals surface area contributed by atoms with E-state index in [0.29, 0.717) is 31.0 Å². The number of methoxy groups -OCH3 is 3. The minimum atomic E-state index is 0.523. The van der Waals surface area contributed by atoms with E-state index >= 15 is 0 Å². The van der Waals surface area contributed by atoms with Gasteiger partial charge in [0.25, 0.3) is 0 Å². The Kier molecular flexibility index (Phi) is 16.1. The molecule has 0 unspecified atom stereocenters. The first-order valence-electron chi connectivity index (χ1n) is 14.6. The van der Waals surface area contributed by atoms with E-state index in [1.54, 1.807) is 21.3 Å². The van der Waals surface area contributed by atoms with E-state index in [1.165, 1.54) is 0 Å². The average molecular weight is 551 g/mol. The molecule has 0 amide bonds. The topological polar surface area (TPSA) is 91.5 Å². The fraction of sp³-hybridized carbons (Fsp3) is 0.455. The summed E-state index contributed by atoms with van der Waals surface area (Å²) in [6, 6.07) is 12.1. The Morgan fingerprint density at radius 1 is 0.800 bits per heavy atom. The first-order chi connectivity index (χ1) is 19.6. The highest BCUT2D eigenvalue weighted by Crippen LogP contribution is 2.36. The highest BCUT2D eigenvalue weighted by Gasteiger charge is 2.16. The maximum atomic E-state index is 5.77. The molecule has 0 atom stereocenters. The van der Waals surface area contributed by atoms with Crippen molar-refractivity contribution in [2.45, 2.75) is 67.7 Å². The third-order valence-electron chi connectivity index (χ3n) is 5.96. The van der Waals surface area contributed by atoms with Gasteiger partial charge in [0.05, 0.1) is 26.8 Å². The van der Waals surface area contributed by atoms with E-state index in [-0.39, 0.29) is 0 Å². The number of pyridine rings is 2. The molecule has 2 heterocycles. The zero-order chi connectivity index (χ0) is 30.1. The highest BCUT2D eigenvalue weighted by atomic mass is 16.5. The number of nitrogens with two attached hydrogens (primary N) is 1. The molecule has 40 heavy (non-hydrogen) atoms. The number of ether oxygens (including phenoxy) is 3. The minimum absolute atomic E-state index is 0.523. The molecular weight excluding hydrogens is 500 g/mol. The van der Waals surface area contributed by atoms with Crippen molar-refractivity contribution < 1.29 is 14.2 Å². The predicted octanol–water partition coefficient (Wildman–Crippen LogP) is 7.80. The lowest BCUT2D eigenvalue weighted by Gasteiger charge is -2.16. The van der Waals surface area contributed by atoms with Crippen LogP contribution in [0.2, 0.25) is 0 Å². The molecule has 7 heteroatoms. The maximum absolute atomic E-state index is 5.77. The summed E-state index contributed by atoms with van der Waals surface area (Å²) in [5, 5.41) is 6.60. The molecule has 0 radical (unpaired) electrons. The van der Waals surface area contributed by atoms with Gasteiger partial charge >= 0.3 is 0 Å². The van der Waals surface area contributed by atoms with Crippen LogP contribution in [0.1, 0.15) is 71.7 Å². The molecule has 0 saturated carbocycles. The molecular formula is C33H50N4O3. The van der Waals surface area contributed by atoms with E-state index in [4.69, 9.17) is 29.9 Å². The van der Waals surface area contributed by atoms with Gasteiger partial charge in [-0.05, 0) is 59.3 Å². The molecule has 2 aromatic carbocycles. The van der Waals surface area contributed by atoms with Crippen molar-refractivity contribution in [1.29, 1.82) is 0 Å². The quantitative estimate of drug-likeness (QED) is 0.208. The van der Waals surface area contributed by atoms with Crippen LogP contribution in [-0.4, -0.2) is 44.4 Å². The van der Waals surface area contributed by atoms with Gasteiger partial charge in [0.2, 0.25) is 0 Å². The highest BCUT2D eigenvalue weighted by molar-refractivity contribution is 5.91. The average Bonchev–Trinajstić information content (AvgIpc) is 3.03. The standard InChI is InChI=1S/C27H32N4O3.3C2H6/c1-5-6-24-22-15-26(34-4)25(33-3)14-21(22)19(16-30-24)12-18-11-17-13-20(32-2)7-8-23(17)31-27(18)29-10-9-28;3*1-2/h7-8,11,13-16H,5-6,9-10,12,28H2,1-4H3,(H,29,31);3*1-2H3. The van der Waals surface area contributed by atoms with Crippen LogP contribution >= 0.6 is 0 Å². The normalized spacial score (nSPS) is 9.88. The van der Waals surface area contributed by atoms with Crippen molar-refractivity contribution in [3.05, 3.63) is 59.4 Å². The third kappa shape index (κ3) is 8.46. The van der Waals surface area contributed by atoms with Crippen molar-refractivity contribution in [2.75, 3.05) is 39.7 Å². The Morgan fingerprint density at radius 3 is 2.02 bits per heavy atom. The van der Waals surface area contributed by atoms with Gasteiger partial charge in [0.15, 0.2) is 11.5 Å². The second-order valence-corrected chi connectivity index (χ2v) is 8.18. The molecule has 3 N–H and O–H groups in total. The Labute approximate surface area is 241 Å². The van der Waals surface area contributed by atoms with E-state index < -0.39 is 0 Å². The summed E-state index contributed by atoms with van der Waals surface area (Å²) < 4.78 is 16.6. The van der Waals surface area contributed by atoms with Gasteiger partial charge in [0, 0.05) is 42.2 Å². The largest absolute Gasteiger partial charge is 0.497 e. The number of fused-ring (bicyclic) bond motifs is 2.